The molecule has 3 atom stereocenters. The van der Waals surface area contributed by atoms with Gasteiger partial charge in [-0.1, -0.05) is 44.1 Å². The molecule has 0 spiro atoms. The molecule has 0 aromatic carbocycles. The highest BCUT2D eigenvalue weighted by Crippen LogP contribution is 2.57. The van der Waals surface area contributed by atoms with E-state index in [4.69, 9.17) is 0 Å². The Balaban J connectivity index is 2.55. The molecule has 0 heterocycles. The Labute approximate surface area is 104 Å². The quantitative estimate of drug-likeness (QED) is 0.735. The fourth-order valence-corrected chi connectivity index (χ4v) is 3.80. The average Bonchev–Trinajstić information content (AvgIpc) is 2.24. The topological polar surface area (TPSA) is 40.5 Å². The predicted octanol–water partition coefficient (Wildman–Crippen LogP) is 2.67. The summed E-state index contributed by atoms with van der Waals surface area (Å²) in [6.45, 7) is 8.76. The fraction of sp³-hybridized carbons (Fsp3) is 0.733. The van der Waals surface area contributed by atoms with E-state index in [1.165, 1.54) is 11.1 Å². The van der Waals surface area contributed by atoms with Crippen molar-refractivity contribution in [1.82, 2.24) is 0 Å². The number of allylic oxidation sites excluding steroid dienone is 2. The van der Waals surface area contributed by atoms with Crippen molar-refractivity contribution in [2.24, 2.45) is 16.7 Å². The molecule has 0 amide bonds. The number of rotatable bonds is 1. The van der Waals surface area contributed by atoms with Crippen molar-refractivity contribution < 1.29 is 10.2 Å². The smallest absolute Gasteiger partial charge is 0.0638 e. The van der Waals surface area contributed by atoms with Gasteiger partial charge in [-0.3, -0.25) is 0 Å². The lowest BCUT2D eigenvalue weighted by Crippen LogP contribution is -2.51. The van der Waals surface area contributed by atoms with Gasteiger partial charge in [-0.15, -0.1) is 0 Å². The molecule has 0 bridgehead atoms. The molecule has 0 unspecified atom stereocenters. The Morgan fingerprint density at radius 2 is 1.94 bits per heavy atom. The zero-order valence-electron chi connectivity index (χ0n) is 11.3. The van der Waals surface area contributed by atoms with Crippen LogP contribution < -0.4 is 0 Å². The minimum Gasteiger partial charge on any atom is -0.396 e. The van der Waals surface area contributed by atoms with Crippen LogP contribution in [0.25, 0.3) is 0 Å². The predicted molar refractivity (Wildman–Crippen MR) is 69.5 cm³/mol. The second-order valence-electron chi connectivity index (χ2n) is 6.45. The van der Waals surface area contributed by atoms with Gasteiger partial charge in [-0.2, -0.15) is 0 Å². The third-order valence-corrected chi connectivity index (χ3v) is 5.01. The largest absolute Gasteiger partial charge is 0.396 e. The monoisotopic (exact) mass is 236 g/mol. The molecule has 96 valence electrons. The van der Waals surface area contributed by atoms with Crippen LogP contribution in [0.5, 0.6) is 0 Å². The molecule has 1 fully saturated rings. The summed E-state index contributed by atoms with van der Waals surface area (Å²) >= 11 is 0. The Morgan fingerprint density at radius 3 is 2.53 bits per heavy atom. The zero-order chi connectivity index (χ0) is 12.8. The molecular formula is C15H24O2. The molecular weight excluding hydrogens is 212 g/mol. The van der Waals surface area contributed by atoms with Gasteiger partial charge in [0.15, 0.2) is 0 Å². The van der Waals surface area contributed by atoms with E-state index in [2.05, 4.69) is 32.9 Å². The summed E-state index contributed by atoms with van der Waals surface area (Å²) in [5.74, 6) is 0.0528. The van der Waals surface area contributed by atoms with E-state index in [1.807, 2.05) is 6.92 Å². The molecule has 2 N–H and O–H groups in total. The van der Waals surface area contributed by atoms with Gasteiger partial charge in [0, 0.05) is 11.3 Å². The Morgan fingerprint density at radius 1 is 1.29 bits per heavy atom. The van der Waals surface area contributed by atoms with E-state index in [1.54, 1.807) is 0 Å². The van der Waals surface area contributed by atoms with Crippen LogP contribution in [0.2, 0.25) is 0 Å². The maximum Gasteiger partial charge on any atom is 0.0638 e. The van der Waals surface area contributed by atoms with Gasteiger partial charge in [0.25, 0.3) is 0 Å². The SMILES string of the molecule is CC1=CC=C2C(C)(C)CC[C@H](O)[C@]2(C)[C@@H]1CO. The lowest BCUT2D eigenvalue weighted by atomic mass is 9.52. The third-order valence-electron chi connectivity index (χ3n) is 5.01. The summed E-state index contributed by atoms with van der Waals surface area (Å²) in [7, 11) is 0. The van der Waals surface area contributed by atoms with Gasteiger partial charge in [-0.25, -0.2) is 0 Å². The first-order valence-electron chi connectivity index (χ1n) is 6.52. The summed E-state index contributed by atoms with van der Waals surface area (Å²) in [4.78, 5) is 0. The third kappa shape index (κ3) is 1.69. The second kappa shape index (κ2) is 3.96. The standard InChI is InChI=1S/C15H24O2/c1-10-5-6-12-14(2,3)8-7-13(17)15(12,4)11(10)9-16/h5-6,11,13,16-17H,7-9H2,1-4H3/t11-,13+,15-/m1/s1. The van der Waals surface area contributed by atoms with Crippen molar-refractivity contribution >= 4 is 0 Å². The van der Waals surface area contributed by atoms with Crippen LogP contribution in [0.15, 0.2) is 23.3 Å². The van der Waals surface area contributed by atoms with Gasteiger partial charge < -0.3 is 10.2 Å². The zero-order valence-corrected chi connectivity index (χ0v) is 11.3. The van der Waals surface area contributed by atoms with Gasteiger partial charge in [-0.05, 0) is 25.2 Å². The first-order chi connectivity index (χ1) is 7.84. The van der Waals surface area contributed by atoms with E-state index in [0.717, 1.165) is 12.8 Å². The molecule has 0 aliphatic heterocycles. The maximum absolute atomic E-state index is 10.4. The number of aliphatic hydroxyl groups is 2. The van der Waals surface area contributed by atoms with Crippen LogP contribution in [0.1, 0.15) is 40.5 Å². The highest BCUT2D eigenvalue weighted by atomic mass is 16.3. The molecule has 0 aromatic heterocycles. The van der Waals surface area contributed by atoms with Gasteiger partial charge >= 0.3 is 0 Å². The van der Waals surface area contributed by atoms with Crippen molar-refractivity contribution in [3.8, 4) is 0 Å². The molecule has 2 nitrogen and oxygen atoms in total. The average molecular weight is 236 g/mol. The Kier molecular flexibility index (Phi) is 2.99. The second-order valence-corrected chi connectivity index (χ2v) is 6.45. The van der Waals surface area contributed by atoms with Gasteiger partial charge in [0.1, 0.15) is 0 Å². The normalized spacial score (nSPS) is 40.4. The van der Waals surface area contributed by atoms with Crippen molar-refractivity contribution in [3.05, 3.63) is 23.3 Å². The van der Waals surface area contributed by atoms with E-state index in [0.29, 0.717) is 0 Å². The van der Waals surface area contributed by atoms with Crippen molar-refractivity contribution in [2.75, 3.05) is 6.61 Å². The highest BCUT2D eigenvalue weighted by molar-refractivity contribution is 5.38. The van der Waals surface area contributed by atoms with E-state index in [9.17, 15) is 10.2 Å². The van der Waals surface area contributed by atoms with Gasteiger partial charge in [0.05, 0.1) is 12.7 Å². The summed E-state index contributed by atoms with van der Waals surface area (Å²) in [5.41, 5.74) is 2.30. The number of fused-ring (bicyclic) bond motifs is 1. The summed E-state index contributed by atoms with van der Waals surface area (Å²) in [6.07, 6.45) is 5.77. The Hall–Kier alpha value is -0.600. The van der Waals surface area contributed by atoms with Crippen molar-refractivity contribution in [1.29, 1.82) is 0 Å². The maximum atomic E-state index is 10.4. The lowest BCUT2D eigenvalue weighted by molar-refractivity contribution is -0.0344. The minimum atomic E-state index is -0.345. The van der Waals surface area contributed by atoms with Crippen LogP contribution in [0, 0.1) is 16.7 Å². The number of hydrogen-bond acceptors (Lipinski definition) is 2. The molecule has 2 aliphatic carbocycles. The summed E-state index contributed by atoms with van der Waals surface area (Å²) < 4.78 is 0. The fourth-order valence-electron chi connectivity index (χ4n) is 3.80. The first kappa shape index (κ1) is 12.8. The van der Waals surface area contributed by atoms with Crippen molar-refractivity contribution in [3.63, 3.8) is 0 Å². The van der Waals surface area contributed by atoms with Crippen LogP contribution in [0.4, 0.5) is 0 Å². The van der Waals surface area contributed by atoms with Crippen LogP contribution in [0.3, 0.4) is 0 Å². The molecule has 2 rings (SSSR count). The molecule has 0 aromatic rings. The van der Waals surface area contributed by atoms with E-state index < -0.39 is 0 Å². The first-order valence-corrected chi connectivity index (χ1v) is 6.52. The number of hydrogen-bond donors (Lipinski definition) is 2. The summed E-state index contributed by atoms with van der Waals surface area (Å²) in [5, 5.41) is 20.1. The van der Waals surface area contributed by atoms with E-state index in [-0.39, 0.29) is 29.5 Å². The molecule has 17 heavy (non-hydrogen) atoms. The highest BCUT2D eigenvalue weighted by Gasteiger charge is 2.52. The molecule has 2 aliphatic rings. The number of aliphatic hydroxyl groups excluding tert-OH is 2. The molecule has 0 saturated heterocycles. The minimum absolute atomic E-state index is 0.0528. The molecule has 1 saturated carbocycles. The van der Waals surface area contributed by atoms with Gasteiger partial charge in [0.2, 0.25) is 0 Å². The van der Waals surface area contributed by atoms with Crippen LogP contribution >= 0.6 is 0 Å². The molecule has 2 heteroatoms. The van der Waals surface area contributed by atoms with E-state index >= 15 is 0 Å². The summed E-state index contributed by atoms with van der Waals surface area (Å²) in [6, 6.07) is 0. The van der Waals surface area contributed by atoms with Crippen molar-refractivity contribution in [2.45, 2.75) is 46.6 Å². The molecule has 0 radical (unpaired) electrons. The van der Waals surface area contributed by atoms with Crippen LogP contribution in [-0.2, 0) is 0 Å². The van der Waals surface area contributed by atoms with Crippen LogP contribution in [-0.4, -0.2) is 22.9 Å². The Bertz CT molecular complexity index is 378. The lowest BCUT2D eigenvalue weighted by Gasteiger charge is -2.54.